The third-order valence-corrected chi connectivity index (χ3v) is 8.66. The molecule has 2 heterocycles. The molecule has 1 unspecified atom stereocenters. The van der Waals surface area contributed by atoms with Gasteiger partial charge in [0.25, 0.3) is 0 Å². The Morgan fingerprint density at radius 3 is 2.67 bits per heavy atom. The molecule has 2 aliphatic rings. The zero-order valence-electron chi connectivity index (χ0n) is 20.5. The van der Waals surface area contributed by atoms with Crippen molar-refractivity contribution in [3.63, 3.8) is 0 Å². The van der Waals surface area contributed by atoms with Crippen LogP contribution < -0.4 is 10.6 Å². The van der Waals surface area contributed by atoms with Crippen LogP contribution in [0.15, 0.2) is 81.6 Å². The monoisotopic (exact) mass is 513 g/mol. The molecule has 1 aliphatic carbocycles. The highest BCUT2D eigenvalue weighted by molar-refractivity contribution is 8.00. The van der Waals surface area contributed by atoms with Crippen molar-refractivity contribution in [2.45, 2.75) is 49.6 Å². The number of carbonyl (C=O) groups excluding carboxylic acids is 1. The Bertz CT molecular complexity index is 1430. The Labute approximate surface area is 219 Å². The summed E-state index contributed by atoms with van der Waals surface area (Å²) in [7, 11) is 0. The van der Waals surface area contributed by atoms with Crippen molar-refractivity contribution in [1.29, 1.82) is 5.26 Å². The number of hydrogen-bond acceptors (Lipinski definition) is 8. The topological polar surface area (TPSA) is 95.9 Å². The van der Waals surface area contributed by atoms with Gasteiger partial charge in [0.1, 0.15) is 5.82 Å². The fourth-order valence-electron chi connectivity index (χ4n) is 4.98. The largest absolute Gasteiger partial charge is 0.384 e. The van der Waals surface area contributed by atoms with Gasteiger partial charge in [0.2, 0.25) is 5.13 Å². The molecule has 0 saturated carbocycles. The molecule has 0 saturated heterocycles. The zero-order valence-corrected chi connectivity index (χ0v) is 22.1. The van der Waals surface area contributed by atoms with Crippen LogP contribution in [0, 0.1) is 23.7 Å². The van der Waals surface area contributed by atoms with Crippen molar-refractivity contribution in [2.24, 2.45) is 11.1 Å². The van der Waals surface area contributed by atoms with E-state index in [0.29, 0.717) is 34.9 Å². The molecule has 8 heteroatoms. The molecule has 1 atom stereocenters. The first-order valence-electron chi connectivity index (χ1n) is 11.8. The zero-order chi connectivity index (χ0) is 25.4. The first-order chi connectivity index (χ1) is 17.3. The molecular weight excluding hydrogens is 486 g/mol. The molecule has 0 fully saturated rings. The van der Waals surface area contributed by atoms with Crippen LogP contribution in [0.5, 0.6) is 0 Å². The number of allylic oxidation sites excluding steroid dienone is 3. The van der Waals surface area contributed by atoms with Crippen LogP contribution >= 0.6 is 23.1 Å². The Morgan fingerprint density at radius 1 is 1.17 bits per heavy atom. The van der Waals surface area contributed by atoms with E-state index in [4.69, 9.17) is 5.73 Å². The van der Waals surface area contributed by atoms with Gasteiger partial charge >= 0.3 is 0 Å². The second kappa shape index (κ2) is 9.57. The van der Waals surface area contributed by atoms with E-state index in [1.54, 1.807) is 11.8 Å². The summed E-state index contributed by atoms with van der Waals surface area (Å²) in [5, 5.41) is 19.7. The minimum absolute atomic E-state index is 0.0567. The lowest BCUT2D eigenvalue weighted by Gasteiger charge is -2.42. The molecule has 1 aromatic heterocycles. The second-order valence-corrected chi connectivity index (χ2v) is 12.2. The van der Waals surface area contributed by atoms with E-state index in [2.05, 4.69) is 42.2 Å². The summed E-state index contributed by atoms with van der Waals surface area (Å²) >= 11 is 3.04. The maximum absolute atomic E-state index is 13.6. The van der Waals surface area contributed by atoms with Crippen LogP contribution in [-0.4, -0.2) is 16.0 Å². The Morgan fingerprint density at radius 2 is 1.94 bits per heavy atom. The minimum atomic E-state index is -0.482. The Hall–Kier alpha value is -3.41. The highest BCUT2D eigenvalue weighted by Gasteiger charge is 2.45. The number of anilines is 1. The van der Waals surface area contributed by atoms with Crippen molar-refractivity contribution in [2.75, 3.05) is 4.90 Å². The van der Waals surface area contributed by atoms with Gasteiger partial charge in [0, 0.05) is 23.4 Å². The highest BCUT2D eigenvalue weighted by Crippen LogP contribution is 2.50. The number of nitrogens with two attached hydrogens (primary N) is 1. The van der Waals surface area contributed by atoms with Gasteiger partial charge in [0.05, 0.1) is 17.6 Å². The summed E-state index contributed by atoms with van der Waals surface area (Å²) in [5.41, 5.74) is 11.5. The van der Waals surface area contributed by atoms with Crippen LogP contribution in [0.4, 0.5) is 5.13 Å². The number of carbonyl (C=O) groups is 1. The lowest BCUT2D eigenvalue weighted by atomic mass is 9.68. The van der Waals surface area contributed by atoms with E-state index in [1.807, 2.05) is 54.3 Å². The van der Waals surface area contributed by atoms with Crippen LogP contribution in [0.1, 0.15) is 49.3 Å². The van der Waals surface area contributed by atoms with Crippen LogP contribution in [-0.2, 0) is 10.5 Å². The molecule has 36 heavy (non-hydrogen) atoms. The van der Waals surface area contributed by atoms with E-state index < -0.39 is 5.92 Å². The van der Waals surface area contributed by atoms with Crippen molar-refractivity contribution in [3.05, 3.63) is 94.0 Å². The molecule has 6 nitrogen and oxygen atoms in total. The third kappa shape index (κ3) is 4.57. The highest BCUT2D eigenvalue weighted by atomic mass is 32.2. The minimum Gasteiger partial charge on any atom is -0.384 e. The lowest BCUT2D eigenvalue weighted by molar-refractivity contribution is -0.118. The van der Waals surface area contributed by atoms with E-state index >= 15 is 0 Å². The van der Waals surface area contributed by atoms with E-state index in [-0.39, 0.29) is 11.2 Å². The number of aromatic nitrogens is 2. The SMILES string of the molecule is Cc1cccc(C2C(C#N)=C(N)N(c3nnc(SCc4ccccc4)s3)C3=C2C(=O)CC(C)(C)C3)c1. The molecule has 0 radical (unpaired) electrons. The summed E-state index contributed by atoms with van der Waals surface area (Å²) in [6, 6.07) is 20.5. The van der Waals surface area contributed by atoms with Crippen molar-refractivity contribution in [3.8, 4) is 6.07 Å². The summed E-state index contributed by atoms with van der Waals surface area (Å²) in [5.74, 6) is 0.675. The number of Topliss-reactive ketones (excluding diaryl/α,β-unsaturated/α-hetero) is 1. The van der Waals surface area contributed by atoms with Gasteiger partial charge in [-0.15, -0.1) is 10.2 Å². The fraction of sp³-hybridized carbons (Fsp3) is 0.286. The van der Waals surface area contributed by atoms with Gasteiger partial charge in [0.15, 0.2) is 10.1 Å². The number of benzene rings is 2. The third-order valence-electron chi connectivity index (χ3n) is 6.55. The molecule has 0 spiro atoms. The normalized spacial score (nSPS) is 19.3. The van der Waals surface area contributed by atoms with Gasteiger partial charge in [-0.05, 0) is 29.9 Å². The molecular formula is C28H27N5OS2. The van der Waals surface area contributed by atoms with Crippen LogP contribution in [0.2, 0.25) is 0 Å². The molecule has 0 bridgehead atoms. The number of ketones is 1. The van der Waals surface area contributed by atoms with Crippen LogP contribution in [0.25, 0.3) is 0 Å². The summed E-state index contributed by atoms with van der Waals surface area (Å²) in [6.07, 6.45) is 1.08. The first-order valence-corrected chi connectivity index (χ1v) is 13.6. The number of hydrogen-bond donors (Lipinski definition) is 1. The average Bonchev–Trinajstić information content (AvgIpc) is 3.30. The van der Waals surface area contributed by atoms with E-state index in [9.17, 15) is 10.1 Å². The predicted octanol–water partition coefficient (Wildman–Crippen LogP) is 6.08. The Kier molecular flexibility index (Phi) is 6.45. The lowest BCUT2D eigenvalue weighted by Crippen LogP contribution is -2.42. The fourth-order valence-corrected chi connectivity index (χ4v) is 6.82. The molecule has 3 aromatic rings. The number of aryl methyl sites for hydroxylation is 1. The van der Waals surface area contributed by atoms with E-state index in [0.717, 1.165) is 26.9 Å². The first kappa shape index (κ1) is 24.3. The second-order valence-electron chi connectivity index (χ2n) is 10.0. The maximum Gasteiger partial charge on any atom is 0.219 e. The van der Waals surface area contributed by atoms with Gasteiger partial charge in [-0.25, -0.2) is 0 Å². The predicted molar refractivity (Wildman–Crippen MR) is 144 cm³/mol. The average molecular weight is 514 g/mol. The molecule has 182 valence electrons. The molecule has 0 amide bonds. The molecule has 2 aromatic carbocycles. The molecule has 1 aliphatic heterocycles. The summed E-state index contributed by atoms with van der Waals surface area (Å²) < 4.78 is 0.810. The van der Waals surface area contributed by atoms with Gasteiger partial charge in [-0.1, -0.05) is 97.1 Å². The van der Waals surface area contributed by atoms with Crippen molar-refractivity contribution in [1.82, 2.24) is 10.2 Å². The van der Waals surface area contributed by atoms with Gasteiger partial charge in [-0.2, -0.15) is 5.26 Å². The van der Waals surface area contributed by atoms with Gasteiger partial charge < -0.3 is 5.73 Å². The quantitative estimate of drug-likeness (QED) is 0.413. The number of nitrogens with zero attached hydrogens (tertiary/aromatic N) is 4. The van der Waals surface area contributed by atoms with Gasteiger partial charge in [-0.3, -0.25) is 9.69 Å². The maximum atomic E-state index is 13.6. The number of thioether (sulfide) groups is 1. The summed E-state index contributed by atoms with van der Waals surface area (Å²) in [4.78, 5) is 15.4. The van der Waals surface area contributed by atoms with Crippen LogP contribution in [0.3, 0.4) is 0 Å². The smallest absolute Gasteiger partial charge is 0.219 e. The molecule has 2 N–H and O–H groups in total. The van der Waals surface area contributed by atoms with E-state index in [1.165, 1.54) is 16.9 Å². The number of nitriles is 1. The van der Waals surface area contributed by atoms with Crippen molar-refractivity contribution < 1.29 is 4.79 Å². The molecule has 5 rings (SSSR count). The summed E-state index contributed by atoms with van der Waals surface area (Å²) in [6.45, 7) is 6.19. The Balaban J connectivity index is 1.59. The standard InChI is InChI=1S/C28H27N5OS2/c1-17-8-7-11-19(12-17)23-20(15-29)25(30)33(21-13-28(2,3)14-22(34)24(21)23)26-31-32-27(36-26)35-16-18-9-5-4-6-10-18/h4-12,23H,13-14,16,30H2,1-3H3. The van der Waals surface area contributed by atoms with Crippen molar-refractivity contribution >= 4 is 34.0 Å². The number of rotatable bonds is 5.